The van der Waals surface area contributed by atoms with Crippen LogP contribution in [0.15, 0.2) is 77.3 Å². The van der Waals surface area contributed by atoms with Crippen LogP contribution in [-0.4, -0.2) is 17.3 Å². The maximum Gasteiger partial charge on any atom is 0.258 e. The van der Waals surface area contributed by atoms with E-state index in [9.17, 15) is 4.39 Å². The second-order valence-corrected chi connectivity index (χ2v) is 6.07. The number of hydrogen-bond donors (Lipinski definition) is 0. The molecule has 140 valence electrons. The molecule has 4 aromatic rings. The van der Waals surface area contributed by atoms with Crippen molar-refractivity contribution < 1.29 is 18.4 Å². The van der Waals surface area contributed by atoms with Crippen LogP contribution in [-0.2, 0) is 6.61 Å². The van der Waals surface area contributed by atoms with Crippen LogP contribution >= 0.6 is 0 Å². The molecule has 4 rings (SSSR count). The van der Waals surface area contributed by atoms with E-state index >= 15 is 0 Å². The minimum absolute atomic E-state index is 0.230. The largest absolute Gasteiger partial charge is 0.493 e. The molecular formula is C22H17FN2O3. The topological polar surface area (TPSA) is 57.4 Å². The molecule has 1 heterocycles. The third-order valence-corrected chi connectivity index (χ3v) is 4.15. The molecule has 0 N–H and O–H groups in total. The summed E-state index contributed by atoms with van der Waals surface area (Å²) < 4.78 is 29.9. The van der Waals surface area contributed by atoms with Gasteiger partial charge in [0.25, 0.3) is 5.89 Å². The van der Waals surface area contributed by atoms with Crippen LogP contribution in [0.4, 0.5) is 4.39 Å². The zero-order valence-corrected chi connectivity index (χ0v) is 15.1. The summed E-state index contributed by atoms with van der Waals surface area (Å²) in [6.45, 7) is 0.230. The monoisotopic (exact) mass is 376 g/mol. The average molecular weight is 376 g/mol. The zero-order valence-electron chi connectivity index (χ0n) is 15.1. The number of benzene rings is 3. The van der Waals surface area contributed by atoms with Gasteiger partial charge in [0.05, 0.1) is 7.11 Å². The van der Waals surface area contributed by atoms with Gasteiger partial charge in [0.2, 0.25) is 5.82 Å². The maximum atomic E-state index is 13.3. The Labute approximate surface area is 161 Å². The van der Waals surface area contributed by atoms with Crippen molar-refractivity contribution in [3.8, 4) is 34.3 Å². The predicted octanol–water partition coefficient (Wildman–Crippen LogP) is 5.13. The summed E-state index contributed by atoms with van der Waals surface area (Å²) in [7, 11) is 1.56. The molecule has 3 aromatic carbocycles. The van der Waals surface area contributed by atoms with E-state index in [-0.39, 0.29) is 12.4 Å². The highest BCUT2D eigenvalue weighted by Crippen LogP contribution is 2.33. The lowest BCUT2D eigenvalue weighted by Gasteiger charge is -2.11. The predicted molar refractivity (Wildman–Crippen MR) is 102 cm³/mol. The summed E-state index contributed by atoms with van der Waals surface area (Å²) in [5.41, 5.74) is 2.32. The molecule has 0 amide bonds. The highest BCUT2D eigenvalue weighted by molar-refractivity contribution is 5.63. The van der Waals surface area contributed by atoms with E-state index in [0.29, 0.717) is 23.2 Å². The Hall–Kier alpha value is -3.67. The fourth-order valence-corrected chi connectivity index (χ4v) is 2.75. The quantitative estimate of drug-likeness (QED) is 0.467. The summed E-state index contributed by atoms with van der Waals surface area (Å²) in [4.78, 5) is 4.44. The summed E-state index contributed by atoms with van der Waals surface area (Å²) in [6.07, 6.45) is 0. The van der Waals surface area contributed by atoms with Crippen LogP contribution in [0, 0.1) is 5.82 Å². The molecule has 0 aliphatic rings. The summed E-state index contributed by atoms with van der Waals surface area (Å²) >= 11 is 0. The Bertz CT molecular complexity index is 1080. The van der Waals surface area contributed by atoms with E-state index in [0.717, 1.165) is 16.7 Å². The molecule has 0 atom stereocenters. The normalized spacial score (nSPS) is 10.6. The fourth-order valence-electron chi connectivity index (χ4n) is 2.75. The van der Waals surface area contributed by atoms with Gasteiger partial charge in [-0.15, -0.1) is 0 Å². The smallest absolute Gasteiger partial charge is 0.258 e. The second-order valence-electron chi connectivity index (χ2n) is 6.07. The molecule has 6 heteroatoms. The van der Waals surface area contributed by atoms with Gasteiger partial charge in [0.1, 0.15) is 12.4 Å². The molecule has 28 heavy (non-hydrogen) atoms. The molecule has 5 nitrogen and oxygen atoms in total. The number of nitrogens with zero attached hydrogens (tertiary/aromatic N) is 2. The Morgan fingerprint density at radius 3 is 2.54 bits per heavy atom. The van der Waals surface area contributed by atoms with Gasteiger partial charge in [-0.25, -0.2) is 4.39 Å². The molecule has 0 saturated carbocycles. The van der Waals surface area contributed by atoms with Crippen molar-refractivity contribution >= 4 is 0 Å². The maximum absolute atomic E-state index is 13.3. The Morgan fingerprint density at radius 2 is 1.75 bits per heavy atom. The molecular weight excluding hydrogens is 359 g/mol. The van der Waals surface area contributed by atoms with Crippen molar-refractivity contribution in [3.05, 3.63) is 84.2 Å². The standard InChI is InChI=1S/C22H17FN2O3/c1-26-20-13-17(21-24-22(28-25-21)16-7-3-2-4-8-16)10-11-19(20)27-14-15-6-5-9-18(23)12-15/h2-13H,14H2,1H3. The first kappa shape index (κ1) is 17.7. The summed E-state index contributed by atoms with van der Waals surface area (Å²) in [6, 6.07) is 21.2. The SMILES string of the molecule is COc1cc(-c2noc(-c3ccccc3)n2)ccc1OCc1cccc(F)c1. The lowest BCUT2D eigenvalue weighted by Crippen LogP contribution is -1.98. The summed E-state index contributed by atoms with van der Waals surface area (Å²) in [5.74, 6) is 1.67. The van der Waals surface area contributed by atoms with Crippen molar-refractivity contribution in [2.24, 2.45) is 0 Å². The third kappa shape index (κ3) is 3.86. The first-order valence-electron chi connectivity index (χ1n) is 8.68. The van der Waals surface area contributed by atoms with Crippen molar-refractivity contribution in [3.63, 3.8) is 0 Å². The first-order valence-corrected chi connectivity index (χ1v) is 8.68. The van der Waals surface area contributed by atoms with E-state index in [1.54, 1.807) is 31.4 Å². The zero-order chi connectivity index (χ0) is 19.3. The molecule has 0 saturated heterocycles. The van der Waals surface area contributed by atoms with Gasteiger partial charge in [0.15, 0.2) is 11.5 Å². The van der Waals surface area contributed by atoms with E-state index in [4.69, 9.17) is 14.0 Å². The molecule has 1 aromatic heterocycles. The van der Waals surface area contributed by atoms with Gasteiger partial charge < -0.3 is 14.0 Å². The van der Waals surface area contributed by atoms with Crippen molar-refractivity contribution in [1.29, 1.82) is 0 Å². The van der Waals surface area contributed by atoms with E-state index in [1.807, 2.05) is 36.4 Å². The molecule has 0 bridgehead atoms. The van der Waals surface area contributed by atoms with Crippen LogP contribution in [0.1, 0.15) is 5.56 Å². The van der Waals surface area contributed by atoms with Gasteiger partial charge in [0, 0.05) is 11.1 Å². The Kier molecular flexibility index (Phi) is 5.01. The molecule has 0 aliphatic carbocycles. The lowest BCUT2D eigenvalue weighted by atomic mass is 10.2. The van der Waals surface area contributed by atoms with Crippen LogP contribution in [0.3, 0.4) is 0 Å². The number of rotatable bonds is 6. The first-order chi connectivity index (χ1) is 13.7. The van der Waals surface area contributed by atoms with E-state index < -0.39 is 0 Å². The van der Waals surface area contributed by atoms with Crippen LogP contribution in [0.2, 0.25) is 0 Å². The van der Waals surface area contributed by atoms with E-state index in [2.05, 4.69) is 10.1 Å². The van der Waals surface area contributed by atoms with Gasteiger partial charge in [-0.2, -0.15) is 4.98 Å². The minimum Gasteiger partial charge on any atom is -0.493 e. The molecule has 0 aliphatic heterocycles. The van der Waals surface area contributed by atoms with Crippen molar-refractivity contribution in [2.75, 3.05) is 7.11 Å². The molecule has 0 spiro atoms. The molecule has 0 unspecified atom stereocenters. The molecule has 0 fully saturated rings. The number of ether oxygens (including phenoxy) is 2. The Morgan fingerprint density at radius 1 is 0.893 bits per heavy atom. The van der Waals surface area contributed by atoms with Gasteiger partial charge >= 0.3 is 0 Å². The number of methoxy groups -OCH3 is 1. The highest BCUT2D eigenvalue weighted by Gasteiger charge is 2.13. The van der Waals surface area contributed by atoms with Crippen LogP contribution in [0.25, 0.3) is 22.8 Å². The van der Waals surface area contributed by atoms with Crippen molar-refractivity contribution in [2.45, 2.75) is 6.61 Å². The minimum atomic E-state index is -0.297. The second kappa shape index (κ2) is 7.92. The van der Waals surface area contributed by atoms with Gasteiger partial charge in [-0.3, -0.25) is 0 Å². The number of halogens is 1. The Balaban J connectivity index is 1.54. The van der Waals surface area contributed by atoms with Gasteiger partial charge in [-0.1, -0.05) is 35.5 Å². The third-order valence-electron chi connectivity index (χ3n) is 4.15. The summed E-state index contributed by atoms with van der Waals surface area (Å²) in [5, 5.41) is 4.05. The van der Waals surface area contributed by atoms with E-state index in [1.165, 1.54) is 12.1 Å². The molecule has 0 radical (unpaired) electrons. The average Bonchev–Trinajstić information content (AvgIpc) is 3.23. The lowest BCUT2D eigenvalue weighted by molar-refractivity contribution is 0.284. The number of hydrogen-bond acceptors (Lipinski definition) is 5. The highest BCUT2D eigenvalue weighted by atomic mass is 19.1. The van der Waals surface area contributed by atoms with Gasteiger partial charge in [-0.05, 0) is 48.0 Å². The number of aromatic nitrogens is 2. The van der Waals surface area contributed by atoms with Crippen LogP contribution < -0.4 is 9.47 Å². The van der Waals surface area contributed by atoms with Crippen molar-refractivity contribution in [1.82, 2.24) is 10.1 Å². The fraction of sp³-hybridized carbons (Fsp3) is 0.0909. The van der Waals surface area contributed by atoms with Crippen LogP contribution in [0.5, 0.6) is 11.5 Å².